The Kier molecular flexibility index (Phi) is 6.67. The monoisotopic (exact) mass is 359 g/mol. The van der Waals surface area contributed by atoms with E-state index >= 15 is 0 Å². The van der Waals surface area contributed by atoms with E-state index < -0.39 is 0 Å². The van der Waals surface area contributed by atoms with Gasteiger partial charge in [-0.3, -0.25) is 0 Å². The summed E-state index contributed by atoms with van der Waals surface area (Å²) < 4.78 is 5.93. The van der Waals surface area contributed by atoms with E-state index in [0.29, 0.717) is 18.6 Å². The maximum atomic E-state index is 5.93. The Morgan fingerprint density at radius 2 is 1.41 bits per heavy atom. The Morgan fingerprint density at radius 3 is 2.11 bits per heavy atom. The van der Waals surface area contributed by atoms with Crippen molar-refractivity contribution in [1.29, 1.82) is 0 Å². The van der Waals surface area contributed by atoms with E-state index in [1.165, 1.54) is 22.3 Å². The largest absolute Gasteiger partial charge is 0.489 e. The molecule has 27 heavy (non-hydrogen) atoms. The van der Waals surface area contributed by atoms with Gasteiger partial charge in [0.05, 0.1) is 0 Å². The summed E-state index contributed by atoms with van der Waals surface area (Å²) in [6.07, 6.45) is 0. The lowest BCUT2D eigenvalue weighted by Crippen LogP contribution is -2.18. The molecule has 0 radical (unpaired) electrons. The average Bonchev–Trinajstić information content (AvgIpc) is 2.71. The topological polar surface area (TPSA) is 21.3 Å². The molecule has 0 spiro atoms. The molecule has 2 nitrogen and oxygen atoms in total. The lowest BCUT2D eigenvalue weighted by atomic mass is 9.99. The standard InChI is InChI=1S/C25H29NO/c1-19(2)23-12-14-24(15-13-23)20(3)26-17-22-10-7-11-25(16-22)27-18-21-8-5-4-6-9-21/h4-16,19-20,26H,17-18H2,1-3H3. The number of nitrogens with one attached hydrogen (secondary N) is 1. The van der Waals surface area contributed by atoms with Crippen molar-refractivity contribution in [3.05, 3.63) is 101 Å². The van der Waals surface area contributed by atoms with E-state index in [0.717, 1.165) is 12.3 Å². The molecule has 3 aromatic carbocycles. The van der Waals surface area contributed by atoms with Crippen LogP contribution in [0, 0.1) is 0 Å². The van der Waals surface area contributed by atoms with Crippen molar-refractivity contribution in [3.63, 3.8) is 0 Å². The zero-order valence-electron chi connectivity index (χ0n) is 16.5. The van der Waals surface area contributed by atoms with Crippen molar-refractivity contribution >= 4 is 0 Å². The third-order valence-electron chi connectivity index (χ3n) is 4.86. The smallest absolute Gasteiger partial charge is 0.120 e. The van der Waals surface area contributed by atoms with Gasteiger partial charge in [0, 0.05) is 12.6 Å². The Balaban J connectivity index is 1.54. The molecule has 0 fully saturated rings. The highest BCUT2D eigenvalue weighted by Gasteiger charge is 2.07. The molecular formula is C25H29NO. The van der Waals surface area contributed by atoms with Gasteiger partial charge >= 0.3 is 0 Å². The molecular weight excluding hydrogens is 330 g/mol. The minimum Gasteiger partial charge on any atom is -0.489 e. The number of rotatable bonds is 8. The maximum Gasteiger partial charge on any atom is 0.120 e. The number of hydrogen-bond acceptors (Lipinski definition) is 2. The summed E-state index contributed by atoms with van der Waals surface area (Å²) in [4.78, 5) is 0. The molecule has 0 aromatic heterocycles. The van der Waals surface area contributed by atoms with Crippen LogP contribution in [0.15, 0.2) is 78.9 Å². The summed E-state index contributed by atoms with van der Waals surface area (Å²) in [5.41, 5.74) is 5.11. The molecule has 1 N–H and O–H groups in total. The van der Waals surface area contributed by atoms with Crippen molar-refractivity contribution in [2.24, 2.45) is 0 Å². The number of benzene rings is 3. The third-order valence-corrected chi connectivity index (χ3v) is 4.86. The highest BCUT2D eigenvalue weighted by atomic mass is 16.5. The van der Waals surface area contributed by atoms with Gasteiger partial charge in [-0.15, -0.1) is 0 Å². The molecule has 0 aliphatic heterocycles. The van der Waals surface area contributed by atoms with E-state index in [2.05, 4.69) is 80.7 Å². The molecule has 3 rings (SSSR count). The molecule has 0 saturated heterocycles. The van der Waals surface area contributed by atoms with Gasteiger partial charge in [0.2, 0.25) is 0 Å². The van der Waals surface area contributed by atoms with Gasteiger partial charge in [-0.1, -0.05) is 80.6 Å². The Hall–Kier alpha value is -2.58. The van der Waals surface area contributed by atoms with Crippen LogP contribution in [0.25, 0.3) is 0 Å². The van der Waals surface area contributed by atoms with Crippen molar-refractivity contribution in [3.8, 4) is 5.75 Å². The van der Waals surface area contributed by atoms with Crippen molar-refractivity contribution in [2.75, 3.05) is 0 Å². The predicted molar refractivity (Wildman–Crippen MR) is 113 cm³/mol. The fraction of sp³-hybridized carbons (Fsp3) is 0.280. The first-order valence-corrected chi connectivity index (χ1v) is 9.70. The zero-order chi connectivity index (χ0) is 19.1. The van der Waals surface area contributed by atoms with E-state index in [-0.39, 0.29) is 0 Å². The lowest BCUT2D eigenvalue weighted by Gasteiger charge is -2.16. The summed E-state index contributed by atoms with van der Waals surface area (Å²) in [5.74, 6) is 1.48. The summed E-state index contributed by atoms with van der Waals surface area (Å²) in [5, 5.41) is 3.61. The van der Waals surface area contributed by atoms with Crippen LogP contribution in [-0.2, 0) is 13.2 Å². The lowest BCUT2D eigenvalue weighted by molar-refractivity contribution is 0.306. The summed E-state index contributed by atoms with van der Waals surface area (Å²) in [6, 6.07) is 27.8. The van der Waals surface area contributed by atoms with Crippen LogP contribution in [0.1, 0.15) is 55.0 Å². The fourth-order valence-electron chi connectivity index (χ4n) is 3.04. The fourth-order valence-corrected chi connectivity index (χ4v) is 3.04. The second kappa shape index (κ2) is 9.38. The Morgan fingerprint density at radius 1 is 0.741 bits per heavy atom. The van der Waals surface area contributed by atoms with Gasteiger partial charge in [0.15, 0.2) is 0 Å². The molecule has 0 saturated carbocycles. The van der Waals surface area contributed by atoms with E-state index in [9.17, 15) is 0 Å². The molecule has 1 unspecified atom stereocenters. The first-order chi connectivity index (χ1) is 13.1. The van der Waals surface area contributed by atoms with E-state index in [1.807, 2.05) is 24.3 Å². The minimum atomic E-state index is 0.306. The van der Waals surface area contributed by atoms with Crippen molar-refractivity contribution < 1.29 is 4.74 Å². The minimum absolute atomic E-state index is 0.306. The Bertz CT molecular complexity index is 824. The first-order valence-electron chi connectivity index (χ1n) is 9.70. The molecule has 140 valence electrons. The molecule has 0 aliphatic carbocycles. The second-order valence-electron chi connectivity index (χ2n) is 7.35. The molecule has 0 aliphatic rings. The van der Waals surface area contributed by atoms with Crippen molar-refractivity contribution in [2.45, 2.75) is 45.9 Å². The van der Waals surface area contributed by atoms with Crippen LogP contribution < -0.4 is 10.1 Å². The van der Waals surface area contributed by atoms with Gasteiger partial charge in [-0.2, -0.15) is 0 Å². The highest BCUT2D eigenvalue weighted by Crippen LogP contribution is 2.20. The Labute approximate surface area is 163 Å². The first kappa shape index (κ1) is 19.2. The highest BCUT2D eigenvalue weighted by molar-refractivity contribution is 5.30. The molecule has 0 bridgehead atoms. The third kappa shape index (κ3) is 5.70. The predicted octanol–water partition coefficient (Wildman–Crippen LogP) is 6.24. The molecule has 0 heterocycles. The van der Waals surface area contributed by atoms with Gasteiger partial charge in [0.25, 0.3) is 0 Å². The van der Waals surface area contributed by atoms with Crippen LogP contribution in [0.2, 0.25) is 0 Å². The van der Waals surface area contributed by atoms with Gasteiger partial charge in [-0.05, 0) is 47.2 Å². The molecule has 3 aromatic rings. The van der Waals surface area contributed by atoms with Gasteiger partial charge in [0.1, 0.15) is 12.4 Å². The number of ether oxygens (including phenoxy) is 1. The zero-order valence-corrected chi connectivity index (χ0v) is 16.5. The molecule has 2 heteroatoms. The molecule has 1 atom stereocenters. The summed E-state index contributed by atoms with van der Waals surface area (Å²) >= 11 is 0. The quantitative estimate of drug-likeness (QED) is 0.514. The SMILES string of the molecule is CC(C)c1ccc(C(C)NCc2cccc(OCc3ccccc3)c2)cc1. The normalized spacial score (nSPS) is 12.1. The van der Waals surface area contributed by atoms with Crippen molar-refractivity contribution in [1.82, 2.24) is 5.32 Å². The van der Waals surface area contributed by atoms with E-state index in [1.54, 1.807) is 0 Å². The number of hydrogen-bond donors (Lipinski definition) is 1. The van der Waals surface area contributed by atoms with E-state index in [4.69, 9.17) is 4.74 Å². The van der Waals surface area contributed by atoms with Gasteiger partial charge in [-0.25, -0.2) is 0 Å². The van der Waals surface area contributed by atoms with Crippen LogP contribution in [0.3, 0.4) is 0 Å². The maximum absolute atomic E-state index is 5.93. The molecule has 0 amide bonds. The second-order valence-corrected chi connectivity index (χ2v) is 7.35. The summed E-state index contributed by atoms with van der Waals surface area (Å²) in [7, 11) is 0. The summed E-state index contributed by atoms with van der Waals surface area (Å²) in [6.45, 7) is 8.07. The van der Waals surface area contributed by atoms with Gasteiger partial charge < -0.3 is 10.1 Å². The van der Waals surface area contributed by atoms with Crippen LogP contribution in [-0.4, -0.2) is 0 Å². The average molecular weight is 360 g/mol. The van der Waals surface area contributed by atoms with Crippen LogP contribution in [0.5, 0.6) is 5.75 Å². The van der Waals surface area contributed by atoms with Crippen LogP contribution >= 0.6 is 0 Å². The van der Waals surface area contributed by atoms with Crippen LogP contribution in [0.4, 0.5) is 0 Å².